The van der Waals surface area contributed by atoms with E-state index in [1.807, 2.05) is 12.3 Å². The van der Waals surface area contributed by atoms with Crippen molar-refractivity contribution in [3.63, 3.8) is 0 Å². The van der Waals surface area contributed by atoms with Gasteiger partial charge >= 0.3 is 0 Å². The van der Waals surface area contributed by atoms with Crippen LogP contribution in [0.4, 0.5) is 4.39 Å². The summed E-state index contributed by atoms with van der Waals surface area (Å²) in [6.45, 7) is 4.71. The maximum atomic E-state index is 13.7. The van der Waals surface area contributed by atoms with Gasteiger partial charge < -0.3 is 5.32 Å². The van der Waals surface area contributed by atoms with Crippen LogP contribution >= 0.6 is 11.8 Å². The smallest absolute Gasteiger partial charge is 0.251 e. The Balaban J connectivity index is 2.29. The van der Waals surface area contributed by atoms with Gasteiger partial charge in [-0.3, -0.25) is 4.79 Å². The highest BCUT2D eigenvalue weighted by atomic mass is 32.2. The largest absolute Gasteiger partial charge is 0.351 e. The summed E-state index contributed by atoms with van der Waals surface area (Å²) in [5, 5.41) is 4.04. The highest BCUT2D eigenvalue weighted by Gasteiger charge is 2.18. The van der Waals surface area contributed by atoms with E-state index in [0.29, 0.717) is 22.9 Å². The van der Waals surface area contributed by atoms with Crippen LogP contribution in [0.15, 0.2) is 36.4 Å². The fourth-order valence-corrected chi connectivity index (χ4v) is 2.14. The molecule has 1 N–H and O–H groups in total. The summed E-state index contributed by atoms with van der Waals surface area (Å²) in [6.07, 6.45) is 2.01. The first-order valence-electron chi connectivity index (χ1n) is 6.45. The van der Waals surface area contributed by atoms with Crippen molar-refractivity contribution in [2.24, 2.45) is 0 Å². The molecule has 1 amide bonds. The minimum absolute atomic E-state index is 0.0223. The monoisotopic (exact) mass is 291 g/mol. The average molecular weight is 291 g/mol. The molecule has 0 heterocycles. The molecule has 0 saturated carbocycles. The number of nitrogens with one attached hydrogen (secondary N) is 1. The molecule has 0 aliphatic heterocycles. The Kier molecular flexibility index (Phi) is 4.33. The van der Waals surface area contributed by atoms with Crippen molar-refractivity contribution in [2.75, 3.05) is 12.8 Å². The molecule has 0 unspecified atom stereocenters. The van der Waals surface area contributed by atoms with Crippen LogP contribution in [-0.2, 0) is 0 Å². The van der Waals surface area contributed by atoms with Gasteiger partial charge in [0.25, 0.3) is 5.91 Å². The number of amides is 1. The van der Waals surface area contributed by atoms with Gasteiger partial charge in [0.2, 0.25) is 0 Å². The van der Waals surface area contributed by atoms with Crippen LogP contribution in [0.5, 0.6) is 0 Å². The van der Waals surface area contributed by atoms with E-state index in [0.717, 1.165) is 0 Å². The van der Waals surface area contributed by atoms with E-state index in [1.165, 1.54) is 6.07 Å². The molecule has 0 fully saturated rings. The number of fused-ring (bicyclic) bond motifs is 1. The molecule has 2 aromatic carbocycles. The second-order valence-electron chi connectivity index (χ2n) is 5.29. The van der Waals surface area contributed by atoms with E-state index < -0.39 is 0 Å². The molecule has 20 heavy (non-hydrogen) atoms. The van der Waals surface area contributed by atoms with Gasteiger partial charge in [-0.1, -0.05) is 24.3 Å². The molecule has 0 spiro atoms. The van der Waals surface area contributed by atoms with Crippen molar-refractivity contribution in [2.45, 2.75) is 18.6 Å². The van der Waals surface area contributed by atoms with E-state index >= 15 is 0 Å². The first kappa shape index (κ1) is 14.9. The fraction of sp³-hybridized carbons (Fsp3) is 0.312. The van der Waals surface area contributed by atoms with Crippen molar-refractivity contribution in [3.8, 4) is 0 Å². The van der Waals surface area contributed by atoms with Crippen molar-refractivity contribution in [1.29, 1.82) is 0 Å². The molecule has 2 rings (SSSR count). The first-order valence-corrected chi connectivity index (χ1v) is 7.68. The number of rotatable bonds is 4. The number of halogens is 1. The molecule has 2 aromatic rings. The summed E-state index contributed by atoms with van der Waals surface area (Å²) in [5.74, 6) is -0.468. The molecule has 4 heteroatoms. The van der Waals surface area contributed by atoms with Gasteiger partial charge in [-0.2, -0.15) is 11.8 Å². The Bertz CT molecular complexity index is 639. The molecule has 106 valence electrons. The lowest BCUT2D eigenvalue weighted by atomic mass is 10.0. The zero-order valence-corrected chi connectivity index (χ0v) is 12.7. The first-order chi connectivity index (χ1) is 9.44. The van der Waals surface area contributed by atoms with Crippen LogP contribution in [0.2, 0.25) is 0 Å². The topological polar surface area (TPSA) is 29.1 Å². The van der Waals surface area contributed by atoms with Gasteiger partial charge in [-0.05, 0) is 37.6 Å². The lowest BCUT2D eigenvalue weighted by Crippen LogP contribution is -2.36. The lowest BCUT2D eigenvalue weighted by Gasteiger charge is -2.22. The van der Waals surface area contributed by atoms with E-state index in [2.05, 4.69) is 19.2 Å². The summed E-state index contributed by atoms with van der Waals surface area (Å²) in [6, 6.07) is 9.92. The third-order valence-electron chi connectivity index (χ3n) is 3.34. The second-order valence-corrected chi connectivity index (χ2v) is 6.80. The predicted octanol–water partition coefficient (Wildman–Crippen LogP) is 3.85. The highest BCUT2D eigenvalue weighted by molar-refractivity contribution is 7.99. The Labute approximate surface area is 122 Å². The molecular weight excluding hydrogens is 273 g/mol. The van der Waals surface area contributed by atoms with Crippen LogP contribution in [0.1, 0.15) is 24.2 Å². The number of hydrogen-bond donors (Lipinski definition) is 1. The number of thioether (sulfide) groups is 1. The summed E-state index contributed by atoms with van der Waals surface area (Å²) in [5.41, 5.74) is 0.513. The Morgan fingerprint density at radius 2 is 1.85 bits per heavy atom. The molecule has 0 bridgehead atoms. The Hall–Kier alpha value is -1.55. The van der Waals surface area contributed by atoms with Gasteiger partial charge in [0.05, 0.1) is 0 Å². The normalized spacial score (nSPS) is 11.6. The van der Waals surface area contributed by atoms with E-state index in [-0.39, 0.29) is 16.5 Å². The van der Waals surface area contributed by atoms with Gasteiger partial charge in [-0.15, -0.1) is 0 Å². The zero-order chi connectivity index (χ0) is 14.8. The van der Waals surface area contributed by atoms with Crippen molar-refractivity contribution >= 4 is 28.4 Å². The lowest BCUT2D eigenvalue weighted by molar-refractivity contribution is 0.0952. The Morgan fingerprint density at radius 1 is 1.20 bits per heavy atom. The van der Waals surface area contributed by atoms with Gasteiger partial charge in [-0.25, -0.2) is 4.39 Å². The second kappa shape index (κ2) is 5.83. The van der Waals surface area contributed by atoms with E-state index in [9.17, 15) is 9.18 Å². The highest BCUT2D eigenvalue weighted by Crippen LogP contribution is 2.23. The maximum absolute atomic E-state index is 13.7. The minimum atomic E-state index is -0.304. The van der Waals surface area contributed by atoms with Crippen molar-refractivity contribution in [1.82, 2.24) is 5.32 Å². The SMILES string of the molecule is CSC(C)(C)CNC(=O)c1ccc(F)c2ccccc12. The van der Waals surface area contributed by atoms with Gasteiger partial charge in [0.15, 0.2) is 0 Å². The number of hydrogen-bond acceptors (Lipinski definition) is 2. The number of carbonyl (C=O) groups excluding carboxylic acids is 1. The van der Waals surface area contributed by atoms with E-state index in [1.54, 1.807) is 36.0 Å². The molecule has 0 aliphatic carbocycles. The average Bonchev–Trinajstić information content (AvgIpc) is 2.46. The quantitative estimate of drug-likeness (QED) is 0.927. The van der Waals surface area contributed by atoms with Gasteiger partial charge in [0, 0.05) is 22.2 Å². The van der Waals surface area contributed by atoms with E-state index in [4.69, 9.17) is 0 Å². The maximum Gasteiger partial charge on any atom is 0.251 e. The molecule has 0 radical (unpaired) electrons. The fourth-order valence-electron chi connectivity index (χ4n) is 1.92. The van der Waals surface area contributed by atoms with Crippen LogP contribution < -0.4 is 5.32 Å². The summed E-state index contributed by atoms with van der Waals surface area (Å²) in [4.78, 5) is 12.3. The van der Waals surface area contributed by atoms with Crippen LogP contribution in [0.25, 0.3) is 10.8 Å². The third-order valence-corrected chi connectivity index (χ3v) is 4.59. The summed E-state index contributed by atoms with van der Waals surface area (Å²) < 4.78 is 13.7. The minimum Gasteiger partial charge on any atom is -0.351 e. The third kappa shape index (κ3) is 3.12. The standard InChI is InChI=1S/C16H18FNOS/c1-16(2,20-3)10-18-15(19)13-8-9-14(17)12-7-5-4-6-11(12)13/h4-9H,10H2,1-3H3,(H,18,19). The molecule has 0 aromatic heterocycles. The van der Waals surface area contributed by atoms with Crippen LogP contribution in [-0.4, -0.2) is 23.5 Å². The number of carbonyl (C=O) groups is 1. The molecule has 2 nitrogen and oxygen atoms in total. The van der Waals surface area contributed by atoms with Gasteiger partial charge in [0.1, 0.15) is 5.82 Å². The molecule has 0 atom stereocenters. The molecule has 0 aliphatic rings. The summed E-state index contributed by atoms with van der Waals surface area (Å²) in [7, 11) is 0. The van der Waals surface area contributed by atoms with Crippen LogP contribution in [0, 0.1) is 5.82 Å². The zero-order valence-electron chi connectivity index (χ0n) is 11.9. The molecular formula is C16H18FNOS. The van der Waals surface area contributed by atoms with Crippen molar-refractivity contribution in [3.05, 3.63) is 47.8 Å². The number of benzene rings is 2. The molecule has 0 saturated heterocycles. The predicted molar refractivity (Wildman–Crippen MR) is 83.8 cm³/mol. The van der Waals surface area contributed by atoms with Crippen LogP contribution in [0.3, 0.4) is 0 Å². The van der Waals surface area contributed by atoms with Crippen molar-refractivity contribution < 1.29 is 9.18 Å². The Morgan fingerprint density at radius 3 is 2.50 bits per heavy atom. The summed E-state index contributed by atoms with van der Waals surface area (Å²) >= 11 is 1.70.